The molecule has 2 fully saturated rings. The number of rotatable bonds is 3. The van der Waals surface area contributed by atoms with Crippen LogP contribution in [0.1, 0.15) is 65.2 Å². The fourth-order valence-corrected chi connectivity index (χ4v) is 4.11. The van der Waals surface area contributed by atoms with Gasteiger partial charge in [0.15, 0.2) is 0 Å². The highest BCUT2D eigenvalue weighted by Crippen LogP contribution is 2.40. The molecule has 0 bridgehead atoms. The van der Waals surface area contributed by atoms with Gasteiger partial charge in [-0.2, -0.15) is 0 Å². The van der Waals surface area contributed by atoms with E-state index in [2.05, 4.69) is 18.7 Å². The molecular weight excluding hydrogens is 248 g/mol. The maximum Gasteiger partial charge on any atom is 0.230 e. The summed E-state index contributed by atoms with van der Waals surface area (Å²) in [6.07, 6.45) is 9.18. The van der Waals surface area contributed by atoms with E-state index in [0.29, 0.717) is 18.5 Å². The summed E-state index contributed by atoms with van der Waals surface area (Å²) < 4.78 is 0. The molecule has 2 unspecified atom stereocenters. The van der Waals surface area contributed by atoms with Gasteiger partial charge in [0.05, 0.1) is 5.41 Å². The fraction of sp³-hybridized carbons (Fsp3) is 0.941. The zero-order valence-corrected chi connectivity index (χ0v) is 13.5. The topological polar surface area (TPSA) is 46.3 Å². The molecule has 0 aliphatic heterocycles. The van der Waals surface area contributed by atoms with Gasteiger partial charge in [-0.05, 0) is 50.4 Å². The second kappa shape index (κ2) is 6.46. The third kappa shape index (κ3) is 3.19. The van der Waals surface area contributed by atoms with Crippen molar-refractivity contribution in [1.29, 1.82) is 0 Å². The van der Waals surface area contributed by atoms with Crippen molar-refractivity contribution in [3.8, 4) is 0 Å². The van der Waals surface area contributed by atoms with E-state index in [1.54, 1.807) is 0 Å². The molecular formula is C17H32N2O. The van der Waals surface area contributed by atoms with Crippen LogP contribution in [0.2, 0.25) is 0 Å². The van der Waals surface area contributed by atoms with Crippen molar-refractivity contribution < 1.29 is 4.79 Å². The van der Waals surface area contributed by atoms with Crippen molar-refractivity contribution in [2.24, 2.45) is 23.0 Å². The normalized spacial score (nSPS) is 38.5. The third-order valence-corrected chi connectivity index (χ3v) is 5.85. The highest BCUT2D eigenvalue weighted by molar-refractivity contribution is 5.83. The Morgan fingerprint density at radius 3 is 2.35 bits per heavy atom. The molecule has 0 spiro atoms. The highest BCUT2D eigenvalue weighted by Gasteiger charge is 2.43. The lowest BCUT2D eigenvalue weighted by Gasteiger charge is -2.43. The number of carbonyl (C=O) groups excluding carboxylic acids is 1. The first-order chi connectivity index (χ1) is 9.48. The van der Waals surface area contributed by atoms with E-state index in [4.69, 9.17) is 5.73 Å². The molecule has 2 aliphatic carbocycles. The monoisotopic (exact) mass is 280 g/mol. The number of nitrogens with two attached hydrogens (primary N) is 1. The van der Waals surface area contributed by atoms with E-state index in [9.17, 15) is 4.79 Å². The molecule has 0 aromatic carbocycles. The lowest BCUT2D eigenvalue weighted by atomic mass is 9.69. The van der Waals surface area contributed by atoms with Gasteiger partial charge >= 0.3 is 0 Å². The fourth-order valence-electron chi connectivity index (χ4n) is 4.11. The average molecular weight is 280 g/mol. The molecule has 2 saturated carbocycles. The Bertz CT molecular complexity index is 334. The molecule has 0 aromatic rings. The zero-order valence-electron chi connectivity index (χ0n) is 13.5. The third-order valence-electron chi connectivity index (χ3n) is 5.85. The van der Waals surface area contributed by atoms with Gasteiger partial charge < -0.3 is 10.6 Å². The van der Waals surface area contributed by atoms with Gasteiger partial charge in [0.1, 0.15) is 0 Å². The standard InChI is InChI=1S/C17H32N2O/c1-13-7-9-17(12-18,10-8-13)16(20)19(3)15-6-4-5-14(2)11-15/h13-15H,4-12,18H2,1-3H3. The Balaban J connectivity index is 2.04. The average Bonchev–Trinajstić information content (AvgIpc) is 2.47. The summed E-state index contributed by atoms with van der Waals surface area (Å²) in [6, 6.07) is 0.439. The van der Waals surface area contributed by atoms with Gasteiger partial charge in [-0.1, -0.05) is 26.7 Å². The molecule has 0 aromatic heterocycles. The van der Waals surface area contributed by atoms with Crippen molar-refractivity contribution >= 4 is 5.91 Å². The van der Waals surface area contributed by atoms with Crippen LogP contribution in [0.15, 0.2) is 0 Å². The van der Waals surface area contributed by atoms with Crippen molar-refractivity contribution in [3.63, 3.8) is 0 Å². The molecule has 0 heterocycles. The van der Waals surface area contributed by atoms with Crippen LogP contribution in [0.25, 0.3) is 0 Å². The first kappa shape index (κ1) is 15.8. The van der Waals surface area contributed by atoms with Crippen LogP contribution in [0.3, 0.4) is 0 Å². The number of hydrogen-bond acceptors (Lipinski definition) is 2. The number of carbonyl (C=O) groups is 1. The molecule has 0 radical (unpaired) electrons. The molecule has 2 rings (SSSR count). The first-order valence-electron chi connectivity index (χ1n) is 8.46. The summed E-state index contributed by atoms with van der Waals surface area (Å²) >= 11 is 0. The van der Waals surface area contributed by atoms with Crippen LogP contribution in [0.5, 0.6) is 0 Å². The van der Waals surface area contributed by atoms with Crippen LogP contribution in [-0.2, 0) is 4.79 Å². The summed E-state index contributed by atoms with van der Waals surface area (Å²) in [5, 5.41) is 0. The van der Waals surface area contributed by atoms with Gasteiger partial charge in [0.25, 0.3) is 0 Å². The first-order valence-corrected chi connectivity index (χ1v) is 8.46. The smallest absolute Gasteiger partial charge is 0.230 e. The van der Waals surface area contributed by atoms with Crippen LogP contribution in [0, 0.1) is 17.3 Å². The summed E-state index contributed by atoms with van der Waals surface area (Å²) in [5.74, 6) is 1.83. The van der Waals surface area contributed by atoms with Crippen molar-refractivity contribution in [3.05, 3.63) is 0 Å². The molecule has 2 atom stereocenters. The van der Waals surface area contributed by atoms with Crippen LogP contribution < -0.4 is 5.73 Å². The zero-order chi connectivity index (χ0) is 14.8. The predicted molar refractivity (Wildman–Crippen MR) is 83.3 cm³/mol. The van der Waals surface area contributed by atoms with E-state index >= 15 is 0 Å². The molecule has 2 aliphatic rings. The minimum atomic E-state index is -0.262. The van der Waals surface area contributed by atoms with E-state index < -0.39 is 0 Å². The molecule has 3 heteroatoms. The van der Waals surface area contributed by atoms with Crippen molar-refractivity contribution in [2.75, 3.05) is 13.6 Å². The van der Waals surface area contributed by atoms with E-state index in [-0.39, 0.29) is 5.41 Å². The molecule has 116 valence electrons. The number of amides is 1. The Morgan fingerprint density at radius 2 is 1.80 bits per heavy atom. The van der Waals surface area contributed by atoms with Crippen LogP contribution in [0.4, 0.5) is 0 Å². The largest absolute Gasteiger partial charge is 0.342 e. The maximum absolute atomic E-state index is 13.0. The molecule has 2 N–H and O–H groups in total. The van der Waals surface area contributed by atoms with E-state index in [0.717, 1.165) is 37.5 Å². The Morgan fingerprint density at radius 1 is 1.15 bits per heavy atom. The quantitative estimate of drug-likeness (QED) is 0.863. The molecule has 1 amide bonds. The second-order valence-electron chi connectivity index (χ2n) is 7.51. The number of hydrogen-bond donors (Lipinski definition) is 1. The lowest BCUT2D eigenvalue weighted by Crippen LogP contribution is -2.52. The van der Waals surface area contributed by atoms with Crippen LogP contribution >= 0.6 is 0 Å². The van der Waals surface area contributed by atoms with E-state index in [1.165, 1.54) is 25.7 Å². The minimum absolute atomic E-state index is 0.262. The SMILES string of the molecule is CC1CCC(CN)(C(=O)N(C)C2CCCC(C)C2)CC1. The summed E-state index contributed by atoms with van der Waals surface area (Å²) in [5.41, 5.74) is 5.77. The van der Waals surface area contributed by atoms with Gasteiger partial charge in [0, 0.05) is 19.6 Å². The van der Waals surface area contributed by atoms with Crippen molar-refractivity contribution in [1.82, 2.24) is 4.90 Å². The molecule has 0 saturated heterocycles. The Labute approximate surface area is 124 Å². The minimum Gasteiger partial charge on any atom is -0.342 e. The summed E-state index contributed by atoms with van der Waals surface area (Å²) in [6.45, 7) is 5.12. The molecule has 3 nitrogen and oxygen atoms in total. The van der Waals surface area contributed by atoms with Crippen LogP contribution in [-0.4, -0.2) is 30.4 Å². The van der Waals surface area contributed by atoms with Gasteiger partial charge in [-0.3, -0.25) is 4.79 Å². The Hall–Kier alpha value is -0.570. The highest BCUT2D eigenvalue weighted by atomic mass is 16.2. The van der Waals surface area contributed by atoms with E-state index in [1.807, 2.05) is 7.05 Å². The second-order valence-corrected chi connectivity index (χ2v) is 7.51. The predicted octanol–water partition coefficient (Wildman–Crippen LogP) is 3.18. The Kier molecular flexibility index (Phi) is 5.11. The van der Waals surface area contributed by atoms with Gasteiger partial charge in [-0.25, -0.2) is 0 Å². The van der Waals surface area contributed by atoms with Gasteiger partial charge in [0.2, 0.25) is 5.91 Å². The summed E-state index contributed by atoms with van der Waals surface area (Å²) in [7, 11) is 2.01. The van der Waals surface area contributed by atoms with Gasteiger partial charge in [-0.15, -0.1) is 0 Å². The maximum atomic E-state index is 13.0. The lowest BCUT2D eigenvalue weighted by molar-refractivity contribution is -0.145. The number of nitrogens with zero attached hydrogens (tertiary/aromatic N) is 1. The summed E-state index contributed by atoms with van der Waals surface area (Å²) in [4.78, 5) is 15.1. The van der Waals surface area contributed by atoms with Crippen molar-refractivity contribution in [2.45, 2.75) is 71.3 Å². The molecule has 20 heavy (non-hydrogen) atoms.